The summed E-state index contributed by atoms with van der Waals surface area (Å²) in [6, 6.07) is 13.4. The van der Waals surface area contributed by atoms with Gasteiger partial charge in [0, 0.05) is 21.6 Å². The van der Waals surface area contributed by atoms with Crippen LogP contribution < -0.4 is 10.2 Å². The summed E-state index contributed by atoms with van der Waals surface area (Å²) < 4.78 is 3.25. The van der Waals surface area contributed by atoms with Gasteiger partial charge in [-0.1, -0.05) is 48.5 Å². The molecular weight excluding hydrogens is 559 g/mol. The van der Waals surface area contributed by atoms with Crippen LogP contribution in [0.4, 0.5) is 0 Å². The SMILES string of the molecule is CC(S)c1ccccc1C(=O)[O-].CC(S)c1ccccc1C(=O)[O-].CCC[CH2][Sn+2][CH2]CCC. The summed E-state index contributed by atoms with van der Waals surface area (Å²) in [6.07, 6.45) is 5.84. The molecule has 0 saturated heterocycles. The van der Waals surface area contributed by atoms with Gasteiger partial charge in [-0.3, -0.25) is 0 Å². The number of carboxylic acid groups (broad SMARTS) is 2. The van der Waals surface area contributed by atoms with Gasteiger partial charge in [-0.15, -0.1) is 0 Å². The average molecular weight is 595 g/mol. The molecule has 0 radical (unpaired) electrons. The normalized spacial score (nSPS) is 11.6. The fraction of sp³-hybridized carbons (Fsp3) is 0.462. The van der Waals surface area contributed by atoms with E-state index in [4.69, 9.17) is 0 Å². The molecule has 2 aromatic rings. The van der Waals surface area contributed by atoms with Crippen molar-refractivity contribution in [3.63, 3.8) is 0 Å². The number of unbranched alkanes of at least 4 members (excludes halogenated alkanes) is 2. The Balaban J connectivity index is 0.000000472. The Kier molecular flexibility index (Phi) is 18.6. The van der Waals surface area contributed by atoms with Crippen molar-refractivity contribution in [2.75, 3.05) is 0 Å². The van der Waals surface area contributed by atoms with Gasteiger partial charge in [-0.2, -0.15) is 25.3 Å². The van der Waals surface area contributed by atoms with Crippen LogP contribution >= 0.6 is 25.3 Å². The molecular formula is C26H36O4S2Sn. The van der Waals surface area contributed by atoms with Crippen molar-refractivity contribution in [1.29, 1.82) is 0 Å². The number of hydrogen-bond donors (Lipinski definition) is 2. The molecule has 7 heteroatoms. The molecule has 0 aliphatic carbocycles. The number of carbonyl (C=O) groups is 2. The van der Waals surface area contributed by atoms with Gasteiger partial charge in [-0.05, 0) is 25.0 Å². The Bertz CT molecular complexity index is 758. The van der Waals surface area contributed by atoms with Crippen LogP contribution in [-0.2, 0) is 0 Å². The van der Waals surface area contributed by atoms with E-state index in [1.165, 1.54) is 37.8 Å². The first-order valence-corrected chi connectivity index (χ1v) is 16.4. The molecule has 0 heterocycles. The molecule has 0 aliphatic heterocycles. The van der Waals surface area contributed by atoms with Gasteiger partial charge in [0.2, 0.25) is 0 Å². The van der Waals surface area contributed by atoms with Crippen molar-refractivity contribution in [2.24, 2.45) is 0 Å². The molecule has 2 rings (SSSR count). The standard InChI is InChI=1S/2C9H10O2S.2C4H9.Sn/c2*1-6(12)7-4-2-3-5-8(7)9(10)11;2*1-3-4-2;/h2*2-6,12H,1H3,(H,10,11);2*1,3-4H2,2H3;/q;;;;+2/p-2. The molecule has 2 unspecified atom stereocenters. The van der Waals surface area contributed by atoms with E-state index in [9.17, 15) is 19.8 Å². The van der Waals surface area contributed by atoms with Gasteiger partial charge in [0.05, 0.1) is 11.9 Å². The molecule has 0 N–H and O–H groups in total. The molecule has 180 valence electrons. The minimum absolute atomic E-state index is 0.0842. The van der Waals surface area contributed by atoms with Crippen molar-refractivity contribution in [3.05, 3.63) is 70.8 Å². The van der Waals surface area contributed by atoms with Gasteiger partial charge in [0.1, 0.15) is 0 Å². The first-order valence-electron chi connectivity index (χ1n) is 11.3. The molecule has 0 aromatic heterocycles. The first-order chi connectivity index (χ1) is 15.7. The number of carboxylic acids is 2. The second kappa shape index (κ2) is 19.2. The van der Waals surface area contributed by atoms with Crippen LogP contribution in [0.5, 0.6) is 0 Å². The molecule has 4 nitrogen and oxygen atoms in total. The third kappa shape index (κ3) is 14.0. The maximum atomic E-state index is 10.6. The zero-order valence-electron chi connectivity index (χ0n) is 20.0. The van der Waals surface area contributed by atoms with Gasteiger partial charge in [0.25, 0.3) is 0 Å². The van der Waals surface area contributed by atoms with Crippen LogP contribution in [0.25, 0.3) is 0 Å². The second-order valence-electron chi connectivity index (χ2n) is 7.56. The summed E-state index contributed by atoms with van der Waals surface area (Å²) >= 11 is 8.47. The summed E-state index contributed by atoms with van der Waals surface area (Å²) in [5.74, 6) is -2.29. The van der Waals surface area contributed by atoms with E-state index in [-0.39, 0.29) is 42.8 Å². The molecule has 33 heavy (non-hydrogen) atoms. The van der Waals surface area contributed by atoms with Crippen LogP contribution in [0.1, 0.15) is 95.7 Å². The van der Waals surface area contributed by atoms with Crippen molar-refractivity contribution in [1.82, 2.24) is 0 Å². The Morgan fingerprint density at radius 1 is 0.758 bits per heavy atom. The predicted molar refractivity (Wildman–Crippen MR) is 142 cm³/mol. The van der Waals surface area contributed by atoms with Gasteiger partial charge >= 0.3 is 69.5 Å². The number of thiol groups is 2. The zero-order valence-corrected chi connectivity index (χ0v) is 24.7. The minimum atomic E-state index is -1.15. The number of carbonyl (C=O) groups excluding carboxylic acids is 2. The fourth-order valence-corrected chi connectivity index (χ4v) is 7.43. The quantitative estimate of drug-likeness (QED) is 0.225. The van der Waals surface area contributed by atoms with E-state index in [0.29, 0.717) is 11.1 Å². The summed E-state index contributed by atoms with van der Waals surface area (Å²) in [4.78, 5) is 21.2. The maximum absolute atomic E-state index is 10.6. The van der Waals surface area contributed by atoms with Crippen LogP contribution in [-0.4, -0.2) is 33.1 Å². The molecule has 2 aromatic carbocycles. The van der Waals surface area contributed by atoms with Crippen molar-refractivity contribution in [2.45, 2.75) is 72.8 Å². The van der Waals surface area contributed by atoms with E-state index < -0.39 is 11.9 Å². The summed E-state index contributed by atoms with van der Waals surface area (Å²) in [5, 5.41) is 21.0. The molecule has 2 atom stereocenters. The summed E-state index contributed by atoms with van der Waals surface area (Å²) in [7, 11) is 0. The first kappa shape index (κ1) is 31.9. The number of benzene rings is 2. The number of hydrogen-bond acceptors (Lipinski definition) is 6. The van der Waals surface area contributed by atoms with Crippen molar-refractivity contribution in [3.8, 4) is 0 Å². The molecule has 0 amide bonds. The van der Waals surface area contributed by atoms with Gasteiger partial charge in [-0.25, -0.2) is 0 Å². The monoisotopic (exact) mass is 596 g/mol. The third-order valence-corrected chi connectivity index (χ3v) is 9.27. The number of rotatable bonds is 10. The second-order valence-corrected chi connectivity index (χ2v) is 13.4. The number of aromatic carboxylic acids is 2. The van der Waals surface area contributed by atoms with E-state index in [2.05, 4.69) is 39.1 Å². The Hall–Kier alpha value is -1.12. The Morgan fingerprint density at radius 2 is 1.09 bits per heavy atom. The molecule has 0 spiro atoms. The van der Waals surface area contributed by atoms with Crippen LogP contribution in [0, 0.1) is 0 Å². The van der Waals surface area contributed by atoms with E-state index >= 15 is 0 Å². The topological polar surface area (TPSA) is 80.3 Å². The Morgan fingerprint density at radius 3 is 1.33 bits per heavy atom. The van der Waals surface area contributed by atoms with Crippen molar-refractivity contribution >= 4 is 58.3 Å². The molecule has 0 bridgehead atoms. The predicted octanol–water partition coefficient (Wildman–Crippen LogP) is 5.21. The fourth-order valence-electron chi connectivity index (χ4n) is 2.82. The zero-order chi connectivity index (χ0) is 25.2. The Labute approximate surface area is 220 Å². The molecule has 0 fully saturated rings. The van der Waals surface area contributed by atoms with Crippen LogP contribution in [0.15, 0.2) is 48.5 Å². The third-order valence-electron chi connectivity index (χ3n) is 4.68. The molecule has 0 aliphatic rings. The summed E-state index contributed by atoms with van der Waals surface area (Å²) in [6.45, 7) is 8.23. The molecule has 0 saturated carbocycles. The van der Waals surface area contributed by atoms with Crippen LogP contribution in [0.3, 0.4) is 0 Å². The summed E-state index contributed by atoms with van der Waals surface area (Å²) in [5.41, 5.74) is 1.83. The van der Waals surface area contributed by atoms with Gasteiger partial charge in [0.15, 0.2) is 0 Å². The van der Waals surface area contributed by atoms with Gasteiger partial charge < -0.3 is 19.8 Å². The van der Waals surface area contributed by atoms with E-state index in [1.807, 2.05) is 13.8 Å². The average Bonchev–Trinajstić information content (AvgIpc) is 2.79. The van der Waals surface area contributed by atoms with Crippen molar-refractivity contribution < 1.29 is 19.8 Å². The van der Waals surface area contributed by atoms with Crippen LogP contribution in [0.2, 0.25) is 8.87 Å². The van der Waals surface area contributed by atoms with E-state index in [1.54, 1.807) is 45.3 Å². The van der Waals surface area contributed by atoms with E-state index in [0.717, 1.165) is 0 Å².